The molecule has 0 aromatic carbocycles. The van der Waals surface area contributed by atoms with Gasteiger partial charge in [-0.2, -0.15) is 4.52 Å². The Hall–Kier alpha value is -2.22. The number of piperidine rings is 1. The van der Waals surface area contributed by atoms with Crippen LogP contribution in [0.1, 0.15) is 48.0 Å². The van der Waals surface area contributed by atoms with E-state index in [0.29, 0.717) is 5.92 Å². The lowest BCUT2D eigenvalue weighted by Crippen LogP contribution is -2.33. The number of aromatic nitrogens is 5. The maximum Gasteiger partial charge on any atom is 0.185 e. The van der Waals surface area contributed by atoms with E-state index in [2.05, 4.69) is 39.9 Å². The third kappa shape index (κ3) is 3.05. The summed E-state index contributed by atoms with van der Waals surface area (Å²) in [5.41, 5.74) is 2.00. The molecule has 0 saturated carbocycles. The predicted molar refractivity (Wildman–Crippen MR) is 108 cm³/mol. The van der Waals surface area contributed by atoms with Crippen molar-refractivity contribution in [3.05, 3.63) is 28.5 Å². The van der Waals surface area contributed by atoms with E-state index in [-0.39, 0.29) is 0 Å². The molecule has 2 fully saturated rings. The van der Waals surface area contributed by atoms with Gasteiger partial charge in [0.2, 0.25) is 0 Å². The molecule has 0 amide bonds. The second-order valence-electron chi connectivity index (χ2n) is 7.61. The summed E-state index contributed by atoms with van der Waals surface area (Å²) >= 11 is 1.80. The smallest absolute Gasteiger partial charge is 0.185 e. The Labute approximate surface area is 163 Å². The molecule has 3 aromatic rings. The first-order valence-electron chi connectivity index (χ1n) is 9.85. The lowest BCUT2D eigenvalue weighted by Gasteiger charge is -2.30. The molecule has 2 aliphatic heterocycles. The van der Waals surface area contributed by atoms with Gasteiger partial charge in [0.25, 0.3) is 0 Å². The molecule has 0 atom stereocenters. The zero-order chi connectivity index (χ0) is 18.4. The highest BCUT2D eigenvalue weighted by molar-refractivity contribution is 7.15. The van der Waals surface area contributed by atoms with Gasteiger partial charge in [0.05, 0.1) is 5.69 Å². The van der Waals surface area contributed by atoms with E-state index in [9.17, 15) is 0 Å². The lowest BCUT2D eigenvalue weighted by atomic mass is 9.96. The molecule has 27 heavy (non-hydrogen) atoms. The highest BCUT2D eigenvalue weighted by Crippen LogP contribution is 2.32. The Balaban J connectivity index is 1.35. The first-order chi connectivity index (χ1) is 13.2. The topological polar surface area (TPSA) is 62.5 Å². The van der Waals surface area contributed by atoms with Crippen molar-refractivity contribution in [3.8, 4) is 0 Å². The molecule has 8 heteroatoms. The molecule has 0 aliphatic carbocycles. The minimum absolute atomic E-state index is 0.403. The first-order valence-corrected chi connectivity index (χ1v) is 10.7. The zero-order valence-corrected chi connectivity index (χ0v) is 16.7. The van der Waals surface area contributed by atoms with Crippen LogP contribution in [-0.2, 0) is 0 Å². The molecule has 2 aliphatic rings. The first kappa shape index (κ1) is 16.9. The van der Waals surface area contributed by atoms with Crippen molar-refractivity contribution < 1.29 is 0 Å². The minimum Gasteiger partial charge on any atom is -0.355 e. The Morgan fingerprint density at radius 1 is 0.963 bits per heavy atom. The van der Waals surface area contributed by atoms with Gasteiger partial charge in [0.1, 0.15) is 5.82 Å². The fraction of sp³-hybridized carbons (Fsp3) is 0.579. The molecule has 0 spiro atoms. The fourth-order valence-corrected chi connectivity index (χ4v) is 5.05. The van der Waals surface area contributed by atoms with Gasteiger partial charge in [-0.3, -0.25) is 0 Å². The highest BCUT2D eigenvalue weighted by Gasteiger charge is 2.27. The van der Waals surface area contributed by atoms with Gasteiger partial charge in [-0.15, -0.1) is 26.6 Å². The van der Waals surface area contributed by atoms with E-state index < -0.39 is 0 Å². The standard InChI is InChI=1S/C19H25N7S/c1-13-14(2)27-19(20-13)25-11-7-15(8-12-25)18-22-21-16-5-6-17(23-26(16)18)24-9-3-4-10-24/h5-6,15H,3-4,7-12H2,1-2H3. The molecule has 3 aromatic heterocycles. The maximum atomic E-state index is 4.88. The number of hydrogen-bond acceptors (Lipinski definition) is 7. The van der Waals surface area contributed by atoms with Gasteiger partial charge in [0.15, 0.2) is 16.6 Å². The van der Waals surface area contributed by atoms with Crippen molar-refractivity contribution in [2.75, 3.05) is 36.0 Å². The summed E-state index contributed by atoms with van der Waals surface area (Å²) in [6.45, 7) is 8.46. The number of anilines is 2. The number of aryl methyl sites for hydroxylation is 2. The van der Waals surface area contributed by atoms with Crippen LogP contribution in [0.2, 0.25) is 0 Å². The summed E-state index contributed by atoms with van der Waals surface area (Å²) in [5.74, 6) is 2.46. The van der Waals surface area contributed by atoms with Crippen molar-refractivity contribution in [1.82, 2.24) is 24.8 Å². The Morgan fingerprint density at radius 2 is 1.74 bits per heavy atom. The number of hydrogen-bond donors (Lipinski definition) is 0. The molecule has 0 radical (unpaired) electrons. The second kappa shape index (κ2) is 6.74. The van der Waals surface area contributed by atoms with Gasteiger partial charge in [-0.1, -0.05) is 0 Å². The Morgan fingerprint density at radius 3 is 2.44 bits per heavy atom. The van der Waals surface area contributed by atoms with Crippen LogP contribution in [0.3, 0.4) is 0 Å². The highest BCUT2D eigenvalue weighted by atomic mass is 32.1. The molecular weight excluding hydrogens is 358 g/mol. The van der Waals surface area contributed by atoms with Crippen molar-refractivity contribution in [2.45, 2.75) is 45.4 Å². The van der Waals surface area contributed by atoms with Gasteiger partial charge in [-0.25, -0.2) is 4.98 Å². The van der Waals surface area contributed by atoms with Gasteiger partial charge in [0, 0.05) is 37.0 Å². The maximum absolute atomic E-state index is 4.88. The normalized spacial score (nSPS) is 18.7. The summed E-state index contributed by atoms with van der Waals surface area (Å²) in [7, 11) is 0. The number of rotatable bonds is 3. The van der Waals surface area contributed by atoms with Crippen LogP contribution in [0.25, 0.3) is 5.65 Å². The summed E-state index contributed by atoms with van der Waals surface area (Å²) in [6, 6.07) is 4.13. The SMILES string of the molecule is Cc1nc(N2CCC(c3nnc4ccc(N5CCCC5)nn34)CC2)sc1C. The zero-order valence-electron chi connectivity index (χ0n) is 15.9. The third-order valence-electron chi connectivity index (χ3n) is 5.85. The molecule has 0 unspecified atom stereocenters. The van der Waals surface area contributed by atoms with Crippen molar-refractivity contribution in [2.24, 2.45) is 0 Å². The lowest BCUT2D eigenvalue weighted by molar-refractivity contribution is 0.477. The second-order valence-corrected chi connectivity index (χ2v) is 8.79. The van der Waals surface area contributed by atoms with E-state index in [0.717, 1.165) is 67.1 Å². The van der Waals surface area contributed by atoms with Crippen LogP contribution >= 0.6 is 11.3 Å². The van der Waals surface area contributed by atoms with Crippen LogP contribution in [0.4, 0.5) is 10.9 Å². The van der Waals surface area contributed by atoms with Gasteiger partial charge in [-0.05, 0) is 51.7 Å². The van der Waals surface area contributed by atoms with Crippen molar-refractivity contribution in [3.63, 3.8) is 0 Å². The number of nitrogens with zero attached hydrogens (tertiary/aromatic N) is 7. The summed E-state index contributed by atoms with van der Waals surface area (Å²) in [6.07, 6.45) is 4.63. The molecule has 2 saturated heterocycles. The average Bonchev–Trinajstić information content (AvgIpc) is 3.42. The molecule has 5 rings (SSSR count). The van der Waals surface area contributed by atoms with E-state index in [4.69, 9.17) is 10.1 Å². The van der Waals surface area contributed by atoms with Crippen LogP contribution < -0.4 is 9.80 Å². The summed E-state index contributed by atoms with van der Waals surface area (Å²) < 4.78 is 1.98. The molecule has 0 N–H and O–H groups in total. The van der Waals surface area contributed by atoms with Crippen LogP contribution in [0.5, 0.6) is 0 Å². The fourth-order valence-electron chi connectivity index (χ4n) is 4.09. The van der Waals surface area contributed by atoms with Crippen LogP contribution in [-0.4, -0.2) is 51.0 Å². The van der Waals surface area contributed by atoms with Crippen LogP contribution in [0.15, 0.2) is 12.1 Å². The van der Waals surface area contributed by atoms with E-state index in [1.165, 1.54) is 17.7 Å². The van der Waals surface area contributed by atoms with Gasteiger partial charge < -0.3 is 9.80 Å². The monoisotopic (exact) mass is 383 g/mol. The molecule has 5 heterocycles. The van der Waals surface area contributed by atoms with E-state index in [1.54, 1.807) is 11.3 Å². The molecule has 0 bridgehead atoms. The number of thiazole rings is 1. The third-order valence-corrected chi connectivity index (χ3v) is 6.98. The van der Waals surface area contributed by atoms with E-state index in [1.807, 2.05) is 10.6 Å². The summed E-state index contributed by atoms with van der Waals surface area (Å²) in [4.78, 5) is 10.8. The van der Waals surface area contributed by atoms with E-state index >= 15 is 0 Å². The van der Waals surface area contributed by atoms with Crippen molar-refractivity contribution in [1.29, 1.82) is 0 Å². The predicted octanol–water partition coefficient (Wildman–Crippen LogP) is 3.18. The molecule has 7 nitrogen and oxygen atoms in total. The van der Waals surface area contributed by atoms with Gasteiger partial charge >= 0.3 is 0 Å². The molecular formula is C19H25N7S. The Bertz CT molecular complexity index is 929. The van der Waals surface area contributed by atoms with Crippen LogP contribution in [0, 0.1) is 13.8 Å². The summed E-state index contributed by atoms with van der Waals surface area (Å²) in [5, 5.41) is 14.9. The Kier molecular flexibility index (Phi) is 4.22. The van der Waals surface area contributed by atoms with Crippen molar-refractivity contribution >= 4 is 27.9 Å². The minimum atomic E-state index is 0.403. The largest absolute Gasteiger partial charge is 0.355 e. The quantitative estimate of drug-likeness (QED) is 0.692. The molecule has 142 valence electrons. The number of fused-ring (bicyclic) bond motifs is 1. The average molecular weight is 384 g/mol.